The third-order valence-electron chi connectivity index (χ3n) is 3.38. The van der Waals surface area contributed by atoms with Crippen molar-refractivity contribution in [1.82, 2.24) is 4.90 Å². The molecule has 1 aliphatic rings. The van der Waals surface area contributed by atoms with Crippen LogP contribution in [0.3, 0.4) is 0 Å². The van der Waals surface area contributed by atoms with Crippen LogP contribution >= 0.6 is 0 Å². The molecule has 7 heteroatoms. The lowest BCUT2D eigenvalue weighted by Gasteiger charge is -2.16. The van der Waals surface area contributed by atoms with E-state index < -0.39 is 29.5 Å². The van der Waals surface area contributed by atoms with Gasteiger partial charge in [0, 0.05) is 31.7 Å². The van der Waals surface area contributed by atoms with E-state index >= 15 is 0 Å². The van der Waals surface area contributed by atoms with Crippen LogP contribution in [-0.2, 0) is 23.9 Å². The fraction of sp³-hybridized carbons (Fsp3) is 0.600. The Balaban J connectivity index is 2.42. The summed E-state index contributed by atoms with van der Waals surface area (Å²) in [7, 11) is 0. The molecular weight excluding hydrogens is 288 g/mol. The lowest BCUT2D eigenvalue weighted by Crippen LogP contribution is -2.37. The number of esters is 1. The highest BCUT2D eigenvalue weighted by atomic mass is 16.5. The Bertz CT molecular complexity index is 455. The zero-order valence-electron chi connectivity index (χ0n) is 12.7. The van der Waals surface area contributed by atoms with E-state index in [1.54, 1.807) is 0 Å². The second-order valence-corrected chi connectivity index (χ2v) is 5.04. The van der Waals surface area contributed by atoms with Crippen molar-refractivity contribution in [3.63, 3.8) is 0 Å². The lowest BCUT2D eigenvalue weighted by atomic mass is 10.0. The van der Waals surface area contributed by atoms with Crippen molar-refractivity contribution < 1.29 is 23.9 Å². The van der Waals surface area contributed by atoms with Crippen LogP contribution in [0.25, 0.3) is 0 Å². The first-order valence-corrected chi connectivity index (χ1v) is 7.44. The van der Waals surface area contributed by atoms with Crippen LogP contribution in [0.5, 0.6) is 0 Å². The summed E-state index contributed by atoms with van der Waals surface area (Å²) >= 11 is 0. The number of hydrogen-bond donors (Lipinski definition) is 1. The van der Waals surface area contributed by atoms with Crippen LogP contribution < -0.4 is 5.73 Å². The fourth-order valence-corrected chi connectivity index (χ4v) is 2.03. The third kappa shape index (κ3) is 5.07. The molecule has 122 valence electrons. The first-order valence-electron chi connectivity index (χ1n) is 7.44. The van der Waals surface area contributed by atoms with Gasteiger partial charge in [0.25, 0.3) is 11.8 Å². The number of rotatable bonds is 10. The van der Waals surface area contributed by atoms with Crippen LogP contribution in [0.4, 0.5) is 0 Å². The molecule has 1 rings (SSSR count). The van der Waals surface area contributed by atoms with Gasteiger partial charge in [0.15, 0.2) is 0 Å². The van der Waals surface area contributed by atoms with Gasteiger partial charge in [-0.3, -0.25) is 24.1 Å². The molecule has 0 saturated heterocycles. The molecule has 1 heterocycles. The summed E-state index contributed by atoms with van der Waals surface area (Å²) in [4.78, 5) is 47.5. The maximum absolute atomic E-state index is 12.0. The van der Waals surface area contributed by atoms with Gasteiger partial charge in [0.1, 0.15) is 11.7 Å². The van der Waals surface area contributed by atoms with Crippen LogP contribution in [0.2, 0.25) is 0 Å². The van der Waals surface area contributed by atoms with Crippen molar-refractivity contribution in [2.24, 2.45) is 11.7 Å². The molecule has 7 nitrogen and oxygen atoms in total. The fourth-order valence-electron chi connectivity index (χ4n) is 2.03. The van der Waals surface area contributed by atoms with Crippen molar-refractivity contribution in [2.45, 2.75) is 32.6 Å². The van der Waals surface area contributed by atoms with Gasteiger partial charge in [0.2, 0.25) is 0 Å². The van der Waals surface area contributed by atoms with Gasteiger partial charge in [-0.1, -0.05) is 19.8 Å². The Kier molecular flexibility index (Phi) is 7.45. The molecule has 0 spiro atoms. The Morgan fingerprint density at radius 1 is 1.23 bits per heavy atom. The number of imide groups is 1. The standard InChI is InChI=1S/C15H22N2O5/c1-2-3-4-9-22-15(21)11(10-16)12(18)7-8-17-13(19)5-6-14(17)20/h5-6,11H,2-4,7-10,16H2,1H3. The molecule has 0 aromatic carbocycles. The number of unbranched alkanes of at least 4 members (excludes halogenated alkanes) is 2. The summed E-state index contributed by atoms with van der Waals surface area (Å²) in [5.74, 6) is -3.01. The summed E-state index contributed by atoms with van der Waals surface area (Å²) < 4.78 is 5.03. The maximum Gasteiger partial charge on any atom is 0.317 e. The number of hydrogen-bond acceptors (Lipinski definition) is 6. The number of nitrogens with zero attached hydrogens (tertiary/aromatic N) is 1. The van der Waals surface area contributed by atoms with Crippen LogP contribution in [-0.4, -0.2) is 48.2 Å². The highest BCUT2D eigenvalue weighted by molar-refractivity contribution is 6.13. The quantitative estimate of drug-likeness (QED) is 0.267. The van der Waals surface area contributed by atoms with Gasteiger partial charge in [-0.15, -0.1) is 0 Å². The molecule has 0 bridgehead atoms. The highest BCUT2D eigenvalue weighted by Crippen LogP contribution is 2.09. The van der Waals surface area contributed by atoms with E-state index in [2.05, 4.69) is 0 Å². The van der Waals surface area contributed by atoms with E-state index in [0.717, 1.165) is 36.3 Å². The van der Waals surface area contributed by atoms with E-state index in [1.807, 2.05) is 6.92 Å². The lowest BCUT2D eigenvalue weighted by molar-refractivity contribution is -0.151. The van der Waals surface area contributed by atoms with E-state index in [0.29, 0.717) is 0 Å². The summed E-state index contributed by atoms with van der Waals surface area (Å²) in [5, 5.41) is 0. The van der Waals surface area contributed by atoms with Crippen molar-refractivity contribution in [2.75, 3.05) is 19.7 Å². The van der Waals surface area contributed by atoms with E-state index in [9.17, 15) is 19.2 Å². The first-order chi connectivity index (χ1) is 10.5. The Hall–Kier alpha value is -2.02. The minimum atomic E-state index is -1.04. The Morgan fingerprint density at radius 2 is 1.86 bits per heavy atom. The largest absolute Gasteiger partial charge is 0.465 e. The average Bonchev–Trinajstić information content (AvgIpc) is 2.81. The number of nitrogens with two attached hydrogens (primary N) is 1. The molecule has 2 amide bonds. The Morgan fingerprint density at radius 3 is 2.41 bits per heavy atom. The molecule has 22 heavy (non-hydrogen) atoms. The molecule has 0 aromatic heterocycles. The van der Waals surface area contributed by atoms with E-state index in [1.165, 1.54) is 0 Å². The molecule has 0 aliphatic carbocycles. The molecule has 0 aromatic rings. The van der Waals surface area contributed by atoms with Gasteiger partial charge < -0.3 is 10.5 Å². The zero-order chi connectivity index (χ0) is 16.5. The van der Waals surface area contributed by atoms with Gasteiger partial charge in [0.05, 0.1) is 6.61 Å². The third-order valence-corrected chi connectivity index (χ3v) is 3.38. The molecule has 0 saturated carbocycles. The van der Waals surface area contributed by atoms with Gasteiger partial charge in [-0.05, 0) is 6.42 Å². The number of Topliss-reactive ketones (excluding diaryl/α,β-unsaturated/α-hetero) is 1. The van der Waals surface area contributed by atoms with Gasteiger partial charge in [-0.25, -0.2) is 0 Å². The zero-order valence-corrected chi connectivity index (χ0v) is 12.7. The van der Waals surface area contributed by atoms with Crippen LogP contribution in [0.15, 0.2) is 12.2 Å². The monoisotopic (exact) mass is 310 g/mol. The van der Waals surface area contributed by atoms with Crippen molar-refractivity contribution >= 4 is 23.6 Å². The summed E-state index contributed by atoms with van der Waals surface area (Å²) in [6.45, 7) is 2.10. The van der Waals surface area contributed by atoms with Crippen molar-refractivity contribution in [1.29, 1.82) is 0 Å². The molecule has 1 aliphatic heterocycles. The summed E-state index contributed by atoms with van der Waals surface area (Å²) in [6, 6.07) is 0. The number of amides is 2. The van der Waals surface area contributed by atoms with Gasteiger partial charge in [-0.2, -0.15) is 0 Å². The molecule has 0 fully saturated rings. The smallest absolute Gasteiger partial charge is 0.317 e. The van der Waals surface area contributed by atoms with E-state index in [-0.39, 0.29) is 26.1 Å². The first kappa shape index (κ1) is 18.0. The molecular formula is C15H22N2O5. The summed E-state index contributed by atoms with van der Waals surface area (Å²) in [5.41, 5.74) is 5.46. The topological polar surface area (TPSA) is 107 Å². The highest BCUT2D eigenvalue weighted by Gasteiger charge is 2.29. The number of carbonyl (C=O) groups excluding carboxylic acids is 4. The molecule has 1 atom stereocenters. The average molecular weight is 310 g/mol. The SMILES string of the molecule is CCCCCOC(=O)C(CN)C(=O)CCN1C(=O)C=CC1=O. The number of ether oxygens (including phenoxy) is 1. The van der Waals surface area contributed by atoms with Crippen LogP contribution in [0.1, 0.15) is 32.6 Å². The van der Waals surface area contributed by atoms with Crippen molar-refractivity contribution in [3.05, 3.63) is 12.2 Å². The number of carbonyl (C=O) groups is 4. The second-order valence-electron chi connectivity index (χ2n) is 5.04. The van der Waals surface area contributed by atoms with Crippen molar-refractivity contribution in [3.8, 4) is 0 Å². The second kappa shape index (κ2) is 9.09. The Labute approximate surface area is 129 Å². The van der Waals surface area contributed by atoms with E-state index in [4.69, 9.17) is 10.5 Å². The minimum Gasteiger partial charge on any atom is -0.465 e. The predicted octanol–water partition coefficient (Wildman–Crippen LogP) is 0.179. The molecule has 0 radical (unpaired) electrons. The minimum absolute atomic E-state index is 0.0525. The molecule has 2 N–H and O–H groups in total. The predicted molar refractivity (Wildman–Crippen MR) is 78.5 cm³/mol. The van der Waals surface area contributed by atoms with Gasteiger partial charge >= 0.3 is 5.97 Å². The summed E-state index contributed by atoms with van der Waals surface area (Å²) in [6.07, 6.45) is 4.88. The normalized spacial score (nSPS) is 15.3. The maximum atomic E-state index is 12.0. The van der Waals surface area contributed by atoms with Crippen LogP contribution in [0, 0.1) is 5.92 Å². The molecule has 1 unspecified atom stereocenters. The number of ketones is 1.